The molecule has 1 aliphatic heterocycles. The first kappa shape index (κ1) is 19.3. The van der Waals surface area contributed by atoms with Crippen molar-refractivity contribution >= 4 is 23.6 Å². The molecule has 3 rings (SSSR count). The van der Waals surface area contributed by atoms with Gasteiger partial charge in [-0.15, -0.1) is 0 Å². The van der Waals surface area contributed by atoms with E-state index in [2.05, 4.69) is 10.6 Å². The molecule has 0 radical (unpaired) electrons. The fourth-order valence-corrected chi connectivity index (χ4v) is 3.05. The Kier molecular flexibility index (Phi) is 5.88. The SMILES string of the molecule is O=C(Nc1ccc(F)cc1)NC1CCN(C(=O)c2ccc(C(=O)O)cc2)CC1. The van der Waals surface area contributed by atoms with E-state index in [9.17, 15) is 18.8 Å². The average Bonchev–Trinajstić information content (AvgIpc) is 2.70. The molecule has 1 saturated heterocycles. The highest BCUT2D eigenvalue weighted by Gasteiger charge is 2.24. The summed E-state index contributed by atoms with van der Waals surface area (Å²) in [6.45, 7) is 0.974. The zero-order valence-corrected chi connectivity index (χ0v) is 15.0. The molecule has 0 aromatic heterocycles. The van der Waals surface area contributed by atoms with Crippen LogP contribution in [0.4, 0.5) is 14.9 Å². The lowest BCUT2D eigenvalue weighted by Gasteiger charge is -2.32. The fraction of sp³-hybridized carbons (Fsp3) is 0.250. The number of nitrogens with one attached hydrogen (secondary N) is 2. The number of hydrogen-bond acceptors (Lipinski definition) is 3. The number of piperidine rings is 1. The highest BCUT2D eigenvalue weighted by molar-refractivity contribution is 5.96. The Hall–Kier alpha value is -3.42. The van der Waals surface area contributed by atoms with Crippen molar-refractivity contribution in [3.8, 4) is 0 Å². The van der Waals surface area contributed by atoms with Crippen LogP contribution in [-0.2, 0) is 0 Å². The molecule has 8 heteroatoms. The van der Waals surface area contributed by atoms with E-state index >= 15 is 0 Å². The maximum atomic E-state index is 12.9. The third-order valence-corrected chi connectivity index (χ3v) is 4.60. The number of carboxylic acids is 1. The number of carbonyl (C=O) groups is 3. The van der Waals surface area contributed by atoms with Gasteiger partial charge in [-0.25, -0.2) is 14.0 Å². The molecule has 1 fully saturated rings. The van der Waals surface area contributed by atoms with Crippen molar-refractivity contribution in [2.45, 2.75) is 18.9 Å². The number of anilines is 1. The summed E-state index contributed by atoms with van der Waals surface area (Å²) >= 11 is 0. The molecule has 0 aliphatic carbocycles. The van der Waals surface area contributed by atoms with Crippen molar-refractivity contribution in [2.75, 3.05) is 18.4 Å². The predicted octanol–water partition coefficient (Wildman–Crippen LogP) is 2.95. The lowest BCUT2D eigenvalue weighted by atomic mass is 10.0. The minimum absolute atomic E-state index is 0.0705. The van der Waals surface area contributed by atoms with Crippen LogP contribution in [0.25, 0.3) is 0 Å². The van der Waals surface area contributed by atoms with Crippen LogP contribution in [0.2, 0.25) is 0 Å². The normalized spacial score (nSPS) is 14.4. The van der Waals surface area contributed by atoms with Crippen molar-refractivity contribution in [3.05, 3.63) is 65.5 Å². The highest BCUT2D eigenvalue weighted by Crippen LogP contribution is 2.15. The summed E-state index contributed by atoms with van der Waals surface area (Å²) in [5.74, 6) is -1.57. The number of urea groups is 1. The van der Waals surface area contributed by atoms with Gasteiger partial charge in [0.05, 0.1) is 5.56 Å². The summed E-state index contributed by atoms with van der Waals surface area (Å²) in [7, 11) is 0. The van der Waals surface area contributed by atoms with Crippen LogP contribution in [0, 0.1) is 5.82 Å². The quantitative estimate of drug-likeness (QED) is 0.754. The first-order valence-corrected chi connectivity index (χ1v) is 8.88. The second kappa shape index (κ2) is 8.51. The largest absolute Gasteiger partial charge is 0.478 e. The van der Waals surface area contributed by atoms with Crippen LogP contribution in [0.3, 0.4) is 0 Å². The zero-order chi connectivity index (χ0) is 20.1. The number of nitrogens with zero attached hydrogens (tertiary/aromatic N) is 1. The van der Waals surface area contributed by atoms with E-state index < -0.39 is 5.97 Å². The molecule has 7 nitrogen and oxygen atoms in total. The minimum atomic E-state index is -1.04. The zero-order valence-electron chi connectivity index (χ0n) is 15.0. The molecule has 0 atom stereocenters. The van der Waals surface area contributed by atoms with Gasteiger partial charge in [-0.3, -0.25) is 4.79 Å². The molecule has 0 spiro atoms. The number of halogens is 1. The first-order valence-electron chi connectivity index (χ1n) is 8.88. The van der Waals surface area contributed by atoms with E-state index in [0.717, 1.165) is 0 Å². The number of carboxylic acid groups (broad SMARTS) is 1. The highest BCUT2D eigenvalue weighted by atomic mass is 19.1. The van der Waals surface area contributed by atoms with Crippen LogP contribution >= 0.6 is 0 Å². The van der Waals surface area contributed by atoms with Crippen LogP contribution in [0.1, 0.15) is 33.6 Å². The molecule has 3 N–H and O–H groups in total. The summed E-state index contributed by atoms with van der Waals surface area (Å²) in [5, 5.41) is 14.4. The van der Waals surface area contributed by atoms with E-state index in [0.29, 0.717) is 37.2 Å². The Morgan fingerprint density at radius 1 is 0.929 bits per heavy atom. The second-order valence-electron chi connectivity index (χ2n) is 6.55. The van der Waals surface area contributed by atoms with Crippen LogP contribution in [0.5, 0.6) is 0 Å². The smallest absolute Gasteiger partial charge is 0.335 e. The van der Waals surface area contributed by atoms with E-state index in [1.807, 2.05) is 0 Å². The van der Waals surface area contributed by atoms with Crippen molar-refractivity contribution in [1.82, 2.24) is 10.2 Å². The number of amides is 3. The van der Waals surface area contributed by atoms with Gasteiger partial charge < -0.3 is 20.6 Å². The summed E-state index contributed by atoms with van der Waals surface area (Å²) in [4.78, 5) is 37.1. The van der Waals surface area contributed by atoms with Gasteiger partial charge in [0, 0.05) is 30.4 Å². The summed E-state index contributed by atoms with van der Waals surface area (Å²) < 4.78 is 12.9. The molecule has 0 bridgehead atoms. The maximum Gasteiger partial charge on any atom is 0.335 e. The van der Waals surface area contributed by atoms with Gasteiger partial charge in [-0.1, -0.05) is 0 Å². The molecule has 0 saturated carbocycles. The van der Waals surface area contributed by atoms with Crippen molar-refractivity contribution < 1.29 is 23.9 Å². The Morgan fingerprint density at radius 3 is 2.07 bits per heavy atom. The fourth-order valence-electron chi connectivity index (χ4n) is 3.05. The van der Waals surface area contributed by atoms with Crippen LogP contribution in [0.15, 0.2) is 48.5 Å². The standard InChI is InChI=1S/C20H20FN3O4/c21-15-5-7-16(8-6-15)22-20(28)23-17-9-11-24(12-10-17)18(25)13-1-3-14(4-2-13)19(26)27/h1-8,17H,9-12H2,(H,26,27)(H2,22,23,28). The molecule has 0 unspecified atom stereocenters. The topological polar surface area (TPSA) is 98.7 Å². The first-order chi connectivity index (χ1) is 13.4. The van der Waals surface area contributed by atoms with Crippen molar-refractivity contribution in [3.63, 3.8) is 0 Å². The van der Waals surface area contributed by atoms with E-state index in [-0.39, 0.29) is 29.4 Å². The molecule has 2 aromatic carbocycles. The molecular weight excluding hydrogens is 365 g/mol. The molecule has 1 heterocycles. The number of carbonyl (C=O) groups excluding carboxylic acids is 2. The number of rotatable bonds is 4. The number of benzene rings is 2. The summed E-state index contributed by atoms with van der Waals surface area (Å²) in [6, 6.07) is 10.9. The van der Waals surface area contributed by atoms with E-state index in [1.165, 1.54) is 48.5 Å². The number of hydrogen-bond donors (Lipinski definition) is 3. The summed E-state index contributed by atoms with van der Waals surface area (Å²) in [5.41, 5.74) is 1.06. The van der Waals surface area contributed by atoms with Gasteiger partial charge in [0.25, 0.3) is 5.91 Å². The third-order valence-electron chi connectivity index (χ3n) is 4.60. The maximum absolute atomic E-state index is 12.9. The van der Waals surface area contributed by atoms with Crippen LogP contribution < -0.4 is 10.6 Å². The Labute approximate surface area is 161 Å². The summed E-state index contributed by atoms with van der Waals surface area (Å²) in [6.07, 6.45) is 1.21. The van der Waals surface area contributed by atoms with Crippen molar-refractivity contribution in [2.24, 2.45) is 0 Å². The van der Waals surface area contributed by atoms with Crippen LogP contribution in [-0.4, -0.2) is 47.0 Å². The van der Waals surface area contributed by atoms with E-state index in [1.54, 1.807) is 4.90 Å². The minimum Gasteiger partial charge on any atom is -0.478 e. The van der Waals surface area contributed by atoms with Gasteiger partial charge in [0.1, 0.15) is 5.82 Å². The number of likely N-dealkylation sites (tertiary alicyclic amines) is 1. The third kappa shape index (κ3) is 4.85. The van der Waals surface area contributed by atoms with Gasteiger partial charge in [-0.05, 0) is 61.4 Å². The predicted molar refractivity (Wildman–Crippen MR) is 101 cm³/mol. The molecule has 28 heavy (non-hydrogen) atoms. The molecular formula is C20H20FN3O4. The van der Waals surface area contributed by atoms with Gasteiger partial charge in [0.2, 0.25) is 0 Å². The van der Waals surface area contributed by atoms with Crippen molar-refractivity contribution in [1.29, 1.82) is 0 Å². The van der Waals surface area contributed by atoms with Gasteiger partial charge in [-0.2, -0.15) is 0 Å². The Balaban J connectivity index is 1.48. The molecule has 3 amide bonds. The monoisotopic (exact) mass is 385 g/mol. The number of aromatic carboxylic acids is 1. The second-order valence-corrected chi connectivity index (χ2v) is 6.55. The van der Waals surface area contributed by atoms with Gasteiger partial charge in [0.15, 0.2) is 0 Å². The Bertz CT molecular complexity index is 860. The lowest BCUT2D eigenvalue weighted by Crippen LogP contribution is -2.47. The average molecular weight is 385 g/mol. The molecule has 146 valence electrons. The molecule has 2 aromatic rings. The Morgan fingerprint density at radius 2 is 1.50 bits per heavy atom. The van der Waals surface area contributed by atoms with E-state index in [4.69, 9.17) is 5.11 Å². The van der Waals surface area contributed by atoms with Gasteiger partial charge >= 0.3 is 12.0 Å². The molecule has 1 aliphatic rings. The lowest BCUT2D eigenvalue weighted by molar-refractivity contribution is 0.0687.